The van der Waals surface area contributed by atoms with Crippen LogP contribution in [0.4, 0.5) is 0 Å². The number of benzene rings is 1. The van der Waals surface area contributed by atoms with E-state index in [4.69, 9.17) is 16.9 Å². The van der Waals surface area contributed by atoms with Crippen LogP contribution < -0.4 is 5.32 Å². The first kappa shape index (κ1) is 18.8. The van der Waals surface area contributed by atoms with Crippen LogP contribution in [0.15, 0.2) is 30.3 Å². The zero-order valence-corrected chi connectivity index (χ0v) is 15.2. The smallest absolute Gasteiger partial charge is 0.244 e. The molecular weight excluding hydrogens is 336 g/mol. The van der Waals surface area contributed by atoms with E-state index in [0.29, 0.717) is 17.3 Å². The van der Waals surface area contributed by atoms with Crippen LogP contribution >= 0.6 is 11.6 Å². The van der Waals surface area contributed by atoms with Crippen molar-refractivity contribution >= 4 is 23.6 Å². The molecule has 0 aliphatic heterocycles. The van der Waals surface area contributed by atoms with Crippen LogP contribution in [0, 0.1) is 18.3 Å². The number of halogens is 1. The Morgan fingerprint density at radius 2 is 2.12 bits per heavy atom. The van der Waals surface area contributed by atoms with Gasteiger partial charge in [0, 0.05) is 24.7 Å². The molecule has 0 atom stereocenters. The second-order valence-corrected chi connectivity index (χ2v) is 6.08. The molecule has 1 aromatic heterocycles. The van der Waals surface area contributed by atoms with E-state index in [2.05, 4.69) is 23.4 Å². The molecule has 1 heterocycles. The largest absolute Gasteiger partial charge is 0.348 e. The number of rotatable bonds is 7. The van der Waals surface area contributed by atoms with E-state index in [0.717, 1.165) is 36.2 Å². The Morgan fingerprint density at radius 3 is 2.76 bits per heavy atom. The topological polar surface area (TPSA) is 70.7 Å². The SMILES string of the molecule is CCCCn1nc(C)c(/C=C/C(=O)NCc2ccc(C#N)cc2)c1Cl. The molecule has 0 aliphatic rings. The van der Waals surface area contributed by atoms with E-state index in [-0.39, 0.29) is 5.91 Å². The molecule has 130 valence electrons. The summed E-state index contributed by atoms with van der Waals surface area (Å²) in [6.07, 6.45) is 5.23. The second-order valence-electron chi connectivity index (χ2n) is 5.73. The lowest BCUT2D eigenvalue weighted by molar-refractivity contribution is -0.116. The van der Waals surface area contributed by atoms with Crippen molar-refractivity contribution in [2.45, 2.75) is 39.8 Å². The molecule has 1 N–H and O–H groups in total. The van der Waals surface area contributed by atoms with Crippen LogP contribution in [-0.2, 0) is 17.9 Å². The number of amides is 1. The van der Waals surface area contributed by atoms with Gasteiger partial charge in [0.2, 0.25) is 5.91 Å². The maximum atomic E-state index is 12.0. The van der Waals surface area contributed by atoms with E-state index in [1.54, 1.807) is 22.9 Å². The number of nitrogens with one attached hydrogen (secondary N) is 1. The summed E-state index contributed by atoms with van der Waals surface area (Å²) in [6.45, 7) is 5.16. The highest BCUT2D eigenvalue weighted by Gasteiger charge is 2.10. The Labute approximate surface area is 152 Å². The lowest BCUT2D eigenvalue weighted by atomic mass is 10.1. The van der Waals surface area contributed by atoms with Crippen LogP contribution in [0.1, 0.15) is 42.1 Å². The quantitative estimate of drug-likeness (QED) is 0.766. The molecule has 0 unspecified atom stereocenters. The van der Waals surface area contributed by atoms with Gasteiger partial charge in [0.15, 0.2) is 0 Å². The average molecular weight is 357 g/mol. The van der Waals surface area contributed by atoms with Crippen molar-refractivity contribution in [3.63, 3.8) is 0 Å². The van der Waals surface area contributed by atoms with Gasteiger partial charge in [-0.05, 0) is 37.1 Å². The molecule has 0 radical (unpaired) electrons. The normalized spacial score (nSPS) is 10.8. The van der Waals surface area contributed by atoms with Crippen molar-refractivity contribution < 1.29 is 4.79 Å². The molecule has 0 fully saturated rings. The van der Waals surface area contributed by atoms with Gasteiger partial charge in [-0.3, -0.25) is 9.48 Å². The van der Waals surface area contributed by atoms with Crippen molar-refractivity contribution in [2.75, 3.05) is 0 Å². The predicted molar refractivity (Wildman–Crippen MR) is 98.9 cm³/mol. The molecule has 0 bridgehead atoms. The summed E-state index contributed by atoms with van der Waals surface area (Å²) in [6, 6.07) is 9.16. The van der Waals surface area contributed by atoms with Gasteiger partial charge in [0.1, 0.15) is 5.15 Å². The molecule has 0 aliphatic carbocycles. The molecule has 1 aromatic carbocycles. The van der Waals surface area contributed by atoms with Gasteiger partial charge < -0.3 is 5.32 Å². The minimum absolute atomic E-state index is 0.207. The van der Waals surface area contributed by atoms with Gasteiger partial charge in [0.05, 0.1) is 17.3 Å². The number of carbonyl (C=O) groups excluding carboxylic acids is 1. The lowest BCUT2D eigenvalue weighted by Crippen LogP contribution is -2.20. The summed E-state index contributed by atoms with van der Waals surface area (Å²) in [5.74, 6) is -0.207. The summed E-state index contributed by atoms with van der Waals surface area (Å²) in [5, 5.41) is 16.5. The summed E-state index contributed by atoms with van der Waals surface area (Å²) < 4.78 is 1.77. The van der Waals surface area contributed by atoms with E-state index in [9.17, 15) is 4.79 Å². The van der Waals surface area contributed by atoms with Crippen molar-refractivity contribution in [1.82, 2.24) is 15.1 Å². The van der Waals surface area contributed by atoms with Crippen molar-refractivity contribution in [3.05, 3.63) is 57.9 Å². The fourth-order valence-corrected chi connectivity index (χ4v) is 2.64. The Balaban J connectivity index is 1.95. The number of nitrogens with zero attached hydrogens (tertiary/aromatic N) is 3. The van der Waals surface area contributed by atoms with Crippen molar-refractivity contribution in [1.29, 1.82) is 5.26 Å². The zero-order valence-electron chi connectivity index (χ0n) is 14.4. The number of aryl methyl sites for hydroxylation is 2. The first-order chi connectivity index (χ1) is 12.0. The Morgan fingerprint density at radius 1 is 1.40 bits per heavy atom. The maximum absolute atomic E-state index is 12.0. The van der Waals surface area contributed by atoms with E-state index in [1.165, 1.54) is 6.08 Å². The highest BCUT2D eigenvalue weighted by Crippen LogP contribution is 2.21. The van der Waals surface area contributed by atoms with Crippen LogP contribution in [0.2, 0.25) is 5.15 Å². The number of aromatic nitrogens is 2. The zero-order chi connectivity index (χ0) is 18.2. The summed E-state index contributed by atoms with van der Waals surface area (Å²) in [5.41, 5.74) is 3.10. The monoisotopic (exact) mass is 356 g/mol. The third-order valence-electron chi connectivity index (χ3n) is 3.78. The van der Waals surface area contributed by atoms with Gasteiger partial charge in [-0.15, -0.1) is 0 Å². The average Bonchev–Trinajstić information content (AvgIpc) is 2.90. The number of nitriles is 1. The summed E-state index contributed by atoms with van der Waals surface area (Å²) in [7, 11) is 0. The Bertz CT molecular complexity index is 800. The molecule has 6 heteroatoms. The molecule has 0 saturated heterocycles. The molecule has 2 rings (SSSR count). The summed E-state index contributed by atoms with van der Waals surface area (Å²) >= 11 is 6.34. The molecular formula is C19H21ClN4O. The minimum atomic E-state index is -0.207. The van der Waals surface area contributed by atoms with Gasteiger partial charge in [-0.25, -0.2) is 0 Å². The fourth-order valence-electron chi connectivity index (χ4n) is 2.32. The molecule has 0 saturated carbocycles. The van der Waals surface area contributed by atoms with E-state index < -0.39 is 0 Å². The number of carbonyl (C=O) groups is 1. The van der Waals surface area contributed by atoms with Crippen LogP contribution in [0.5, 0.6) is 0 Å². The fraction of sp³-hybridized carbons (Fsp3) is 0.316. The van der Waals surface area contributed by atoms with Gasteiger partial charge in [-0.1, -0.05) is 37.1 Å². The highest BCUT2D eigenvalue weighted by molar-refractivity contribution is 6.31. The minimum Gasteiger partial charge on any atom is -0.348 e. The molecule has 25 heavy (non-hydrogen) atoms. The first-order valence-corrected chi connectivity index (χ1v) is 8.60. The summed E-state index contributed by atoms with van der Waals surface area (Å²) in [4.78, 5) is 12.0. The third kappa shape index (κ3) is 5.20. The molecule has 0 spiro atoms. The Kier molecular flexibility index (Phi) is 6.79. The van der Waals surface area contributed by atoms with Crippen LogP contribution in [-0.4, -0.2) is 15.7 Å². The number of unbranched alkanes of at least 4 members (excludes halogenated alkanes) is 1. The van der Waals surface area contributed by atoms with Crippen molar-refractivity contribution in [3.8, 4) is 6.07 Å². The standard InChI is InChI=1S/C19H21ClN4O/c1-3-4-11-24-19(20)17(14(2)23-24)9-10-18(25)22-13-16-7-5-15(12-21)6-8-16/h5-10H,3-4,11,13H2,1-2H3,(H,22,25)/b10-9+. The molecule has 1 amide bonds. The second kappa shape index (κ2) is 9.05. The third-order valence-corrected chi connectivity index (χ3v) is 4.18. The Hall–Kier alpha value is -2.58. The number of hydrogen-bond donors (Lipinski definition) is 1. The van der Waals surface area contributed by atoms with E-state index >= 15 is 0 Å². The maximum Gasteiger partial charge on any atom is 0.244 e. The number of hydrogen-bond acceptors (Lipinski definition) is 3. The van der Waals surface area contributed by atoms with Gasteiger partial charge in [0.25, 0.3) is 0 Å². The van der Waals surface area contributed by atoms with Gasteiger partial charge >= 0.3 is 0 Å². The van der Waals surface area contributed by atoms with E-state index in [1.807, 2.05) is 19.1 Å². The van der Waals surface area contributed by atoms with Gasteiger partial charge in [-0.2, -0.15) is 10.4 Å². The first-order valence-electron chi connectivity index (χ1n) is 8.23. The lowest BCUT2D eigenvalue weighted by Gasteiger charge is -2.02. The van der Waals surface area contributed by atoms with Crippen molar-refractivity contribution in [2.24, 2.45) is 0 Å². The van der Waals surface area contributed by atoms with Crippen LogP contribution in [0.25, 0.3) is 6.08 Å². The molecule has 5 nitrogen and oxygen atoms in total. The highest BCUT2D eigenvalue weighted by atomic mass is 35.5. The predicted octanol–water partition coefficient (Wildman–Crippen LogP) is 3.85. The molecule has 2 aromatic rings. The van der Waals surface area contributed by atoms with Crippen LogP contribution in [0.3, 0.4) is 0 Å².